The Morgan fingerprint density at radius 1 is 1.18 bits per heavy atom. The Labute approximate surface area is 236 Å². The fourth-order valence-electron chi connectivity index (χ4n) is 4.29. The first-order valence-electron chi connectivity index (χ1n) is 12.3. The molecular weight excluding hydrogens is 588 g/mol. The van der Waals surface area contributed by atoms with E-state index in [1.807, 2.05) is 19.1 Å². The summed E-state index contributed by atoms with van der Waals surface area (Å²) in [6.07, 6.45) is 3.01. The van der Waals surface area contributed by atoms with E-state index in [2.05, 4.69) is 15.9 Å². The number of methoxy groups -OCH3 is 1. The van der Waals surface area contributed by atoms with E-state index >= 15 is 0 Å². The molecule has 0 bridgehead atoms. The topological polar surface area (TPSA) is 116 Å². The third kappa shape index (κ3) is 6.15. The number of nitrogens with zero attached hydrogens (tertiary/aromatic N) is 2. The van der Waals surface area contributed by atoms with Crippen LogP contribution in [-0.2, 0) is 14.3 Å². The first kappa shape index (κ1) is 28.3. The summed E-state index contributed by atoms with van der Waals surface area (Å²) >= 11 is 4.74. The van der Waals surface area contributed by atoms with Crippen LogP contribution >= 0.6 is 27.3 Å². The number of aromatic nitrogens is 1. The number of carbonyl (C=O) groups is 2. The molecule has 9 nitrogen and oxygen atoms in total. The molecule has 1 aromatic heterocycles. The number of ether oxygens (including phenoxy) is 3. The average molecular weight is 616 g/mol. The number of halogens is 1. The minimum atomic E-state index is -1.07. The van der Waals surface area contributed by atoms with E-state index in [-0.39, 0.29) is 12.2 Å². The summed E-state index contributed by atoms with van der Waals surface area (Å²) in [6, 6.07) is 11.4. The average Bonchev–Trinajstić information content (AvgIpc) is 3.22. The van der Waals surface area contributed by atoms with Crippen molar-refractivity contribution < 1.29 is 28.9 Å². The summed E-state index contributed by atoms with van der Waals surface area (Å²) in [6.45, 7) is 3.47. The summed E-state index contributed by atoms with van der Waals surface area (Å²) in [5, 5.41) is 8.80. The molecule has 0 saturated carbocycles. The highest BCUT2D eigenvalue weighted by atomic mass is 79.9. The molecule has 204 valence electrons. The molecule has 1 aliphatic rings. The number of aliphatic carboxylic acids is 1. The van der Waals surface area contributed by atoms with Gasteiger partial charge in [0.1, 0.15) is 17.5 Å². The molecule has 0 fully saturated rings. The molecule has 0 saturated heterocycles. The SMILES string of the molecule is CCCC1=C(C(=O)OCC)[C@H](c2cc(Br)ccc2OC)n2c(s/c(=C/c3ccc(OCC(=O)O)cc3)c2=O)=N1. The van der Waals surface area contributed by atoms with Gasteiger partial charge in [0.15, 0.2) is 11.4 Å². The second kappa shape index (κ2) is 12.4. The number of benzene rings is 2. The van der Waals surface area contributed by atoms with Crippen LogP contribution in [0.3, 0.4) is 0 Å². The maximum absolute atomic E-state index is 13.9. The van der Waals surface area contributed by atoms with Crippen molar-refractivity contribution >= 4 is 45.3 Å². The van der Waals surface area contributed by atoms with Crippen LogP contribution in [0.25, 0.3) is 6.08 Å². The number of thiazole rings is 1. The molecule has 11 heteroatoms. The summed E-state index contributed by atoms with van der Waals surface area (Å²) < 4.78 is 19.0. The van der Waals surface area contributed by atoms with Gasteiger partial charge in [-0.25, -0.2) is 14.6 Å². The molecule has 1 N–H and O–H groups in total. The van der Waals surface area contributed by atoms with Crippen LogP contribution in [0.4, 0.5) is 0 Å². The summed E-state index contributed by atoms with van der Waals surface area (Å²) in [5.74, 6) is -0.667. The first-order valence-corrected chi connectivity index (χ1v) is 13.9. The van der Waals surface area contributed by atoms with Crippen molar-refractivity contribution in [2.24, 2.45) is 4.99 Å². The van der Waals surface area contributed by atoms with E-state index in [4.69, 9.17) is 24.3 Å². The quantitative estimate of drug-likeness (QED) is 0.345. The number of hydrogen-bond acceptors (Lipinski definition) is 8. The summed E-state index contributed by atoms with van der Waals surface area (Å²) in [4.78, 5) is 43.2. The van der Waals surface area contributed by atoms with Crippen molar-refractivity contribution in [2.45, 2.75) is 32.7 Å². The van der Waals surface area contributed by atoms with Crippen molar-refractivity contribution in [3.8, 4) is 11.5 Å². The van der Waals surface area contributed by atoms with Gasteiger partial charge in [0, 0.05) is 10.0 Å². The zero-order valence-corrected chi connectivity index (χ0v) is 24.0. The molecular formula is C28H27BrN2O7S. The van der Waals surface area contributed by atoms with E-state index in [1.165, 1.54) is 15.9 Å². The van der Waals surface area contributed by atoms with E-state index in [1.54, 1.807) is 50.4 Å². The molecule has 2 heterocycles. The number of rotatable bonds is 10. The number of esters is 1. The van der Waals surface area contributed by atoms with Gasteiger partial charge in [0.05, 0.1) is 29.5 Å². The van der Waals surface area contributed by atoms with Crippen LogP contribution in [-0.4, -0.2) is 41.9 Å². The molecule has 4 rings (SSSR count). The fourth-order valence-corrected chi connectivity index (χ4v) is 5.69. The van der Waals surface area contributed by atoms with Crippen LogP contribution in [0.15, 0.2) is 68.0 Å². The Hall–Kier alpha value is -3.70. The molecule has 0 aliphatic carbocycles. The van der Waals surface area contributed by atoms with Crippen LogP contribution in [0.1, 0.15) is 43.9 Å². The highest BCUT2D eigenvalue weighted by molar-refractivity contribution is 9.10. The predicted molar refractivity (Wildman–Crippen MR) is 150 cm³/mol. The summed E-state index contributed by atoms with van der Waals surface area (Å²) in [5.41, 5.74) is 1.93. The number of fused-ring (bicyclic) bond motifs is 1. The molecule has 0 amide bonds. The smallest absolute Gasteiger partial charge is 0.341 e. The normalized spacial score (nSPS) is 15.0. The van der Waals surface area contributed by atoms with Gasteiger partial charge in [-0.1, -0.05) is 52.7 Å². The number of carbonyl (C=O) groups excluding carboxylic acids is 1. The Bertz CT molecular complexity index is 1610. The van der Waals surface area contributed by atoms with Crippen LogP contribution in [0.2, 0.25) is 0 Å². The third-order valence-electron chi connectivity index (χ3n) is 5.92. The van der Waals surface area contributed by atoms with Gasteiger partial charge in [-0.05, 0) is 55.3 Å². The predicted octanol–water partition coefficient (Wildman–Crippen LogP) is 3.81. The molecule has 0 unspecified atom stereocenters. The highest BCUT2D eigenvalue weighted by Crippen LogP contribution is 2.38. The molecule has 0 radical (unpaired) electrons. The monoisotopic (exact) mass is 614 g/mol. The molecule has 3 aromatic rings. The second-order valence-corrected chi connectivity index (χ2v) is 10.5. The van der Waals surface area contributed by atoms with E-state index < -0.39 is 24.6 Å². The number of carboxylic acid groups (broad SMARTS) is 1. The van der Waals surface area contributed by atoms with E-state index in [0.29, 0.717) is 44.1 Å². The van der Waals surface area contributed by atoms with Gasteiger partial charge >= 0.3 is 11.9 Å². The van der Waals surface area contributed by atoms with Crippen molar-refractivity contribution in [1.82, 2.24) is 4.57 Å². The number of carboxylic acids is 1. The number of hydrogen-bond donors (Lipinski definition) is 1. The zero-order valence-electron chi connectivity index (χ0n) is 21.6. The largest absolute Gasteiger partial charge is 0.496 e. The molecule has 1 atom stereocenters. The maximum atomic E-state index is 13.9. The van der Waals surface area contributed by atoms with Gasteiger partial charge < -0.3 is 19.3 Å². The van der Waals surface area contributed by atoms with Crippen molar-refractivity contribution in [2.75, 3.05) is 20.3 Å². The lowest BCUT2D eigenvalue weighted by Gasteiger charge is -2.27. The Morgan fingerprint density at radius 3 is 2.56 bits per heavy atom. The molecule has 39 heavy (non-hydrogen) atoms. The van der Waals surface area contributed by atoms with Gasteiger partial charge in [-0.2, -0.15) is 0 Å². The molecule has 1 aliphatic heterocycles. The minimum Gasteiger partial charge on any atom is -0.496 e. The lowest BCUT2D eigenvalue weighted by atomic mass is 9.93. The van der Waals surface area contributed by atoms with E-state index in [9.17, 15) is 14.4 Å². The van der Waals surface area contributed by atoms with Crippen molar-refractivity contribution in [3.63, 3.8) is 0 Å². The summed E-state index contributed by atoms with van der Waals surface area (Å²) in [7, 11) is 1.54. The molecule has 2 aromatic carbocycles. The van der Waals surface area contributed by atoms with Crippen LogP contribution in [0.5, 0.6) is 11.5 Å². The maximum Gasteiger partial charge on any atom is 0.341 e. The van der Waals surface area contributed by atoms with Crippen LogP contribution in [0, 0.1) is 0 Å². The van der Waals surface area contributed by atoms with Gasteiger partial charge in [-0.3, -0.25) is 9.36 Å². The first-order chi connectivity index (χ1) is 18.8. The van der Waals surface area contributed by atoms with Crippen LogP contribution < -0.4 is 24.4 Å². The minimum absolute atomic E-state index is 0.181. The van der Waals surface area contributed by atoms with E-state index in [0.717, 1.165) is 16.5 Å². The van der Waals surface area contributed by atoms with Crippen molar-refractivity contribution in [3.05, 3.63) is 89.0 Å². The standard InChI is InChI=1S/C28H27BrN2O7S/c1-4-6-20-24(27(35)37-5-2)25(19-14-17(29)9-12-21(19)36-3)31-26(34)22(39-28(31)30-20)13-16-7-10-18(11-8-16)38-15-23(32)33/h7-14,25H,4-6,15H2,1-3H3,(H,32,33)/b22-13+/t25-/m0/s1. The van der Waals surface area contributed by atoms with Gasteiger partial charge in [0.25, 0.3) is 5.56 Å². The van der Waals surface area contributed by atoms with Gasteiger partial charge in [-0.15, -0.1) is 0 Å². The Kier molecular flexibility index (Phi) is 9.03. The lowest BCUT2D eigenvalue weighted by Crippen LogP contribution is -2.40. The van der Waals surface area contributed by atoms with Crippen molar-refractivity contribution in [1.29, 1.82) is 0 Å². The fraction of sp³-hybridized carbons (Fsp3) is 0.286. The zero-order chi connectivity index (χ0) is 28.1. The van der Waals surface area contributed by atoms with Gasteiger partial charge in [0.2, 0.25) is 0 Å². The third-order valence-corrected chi connectivity index (χ3v) is 7.39. The highest BCUT2D eigenvalue weighted by Gasteiger charge is 2.36. The molecule has 0 spiro atoms. The lowest BCUT2D eigenvalue weighted by molar-refractivity contribution is -0.140. The number of allylic oxidation sites excluding steroid dienone is 1. The Morgan fingerprint density at radius 2 is 1.92 bits per heavy atom. The second-order valence-electron chi connectivity index (χ2n) is 8.55. The Balaban J connectivity index is 1.92.